The highest BCUT2D eigenvalue weighted by molar-refractivity contribution is 5.94. The van der Waals surface area contributed by atoms with E-state index in [1.807, 2.05) is 20.8 Å². The van der Waals surface area contributed by atoms with E-state index in [2.05, 4.69) is 5.10 Å². The molecule has 1 aliphatic heterocycles. The van der Waals surface area contributed by atoms with Gasteiger partial charge in [0.2, 0.25) is 12.5 Å². The van der Waals surface area contributed by atoms with Crippen molar-refractivity contribution < 1.29 is 14.5 Å². The van der Waals surface area contributed by atoms with Gasteiger partial charge >= 0.3 is 0 Å². The minimum atomic E-state index is -0.345. The third kappa shape index (κ3) is 5.27. The summed E-state index contributed by atoms with van der Waals surface area (Å²) in [4.78, 5) is 35.5. The molecule has 0 N–H and O–H groups in total. The van der Waals surface area contributed by atoms with Gasteiger partial charge in [-0.1, -0.05) is 20.8 Å². The quantitative estimate of drug-likeness (QED) is 0.410. The van der Waals surface area contributed by atoms with Gasteiger partial charge in [-0.2, -0.15) is 5.10 Å². The van der Waals surface area contributed by atoms with Gasteiger partial charge in [-0.25, -0.2) is 5.01 Å². The molecule has 0 bridgehead atoms. The monoisotopic (exact) mass is 379 g/mol. The molecule has 150 valence electrons. The molecule has 0 aliphatic carbocycles. The van der Waals surface area contributed by atoms with Gasteiger partial charge in [-0.3, -0.25) is 29.4 Å². The third-order valence-corrected chi connectivity index (χ3v) is 4.65. The van der Waals surface area contributed by atoms with Crippen LogP contribution in [0.4, 0.5) is 0 Å². The molecule has 1 saturated heterocycles. The average Bonchev–Trinajstić information content (AvgIpc) is 3.19. The summed E-state index contributed by atoms with van der Waals surface area (Å²) in [5.74, 6) is -0.333. The Bertz CT molecular complexity index is 707. The zero-order chi connectivity index (χ0) is 20.2. The summed E-state index contributed by atoms with van der Waals surface area (Å²) in [7, 11) is 1.74. The highest BCUT2D eigenvalue weighted by atomic mass is 16.6. The molecule has 0 unspecified atom stereocenters. The van der Waals surface area contributed by atoms with Gasteiger partial charge < -0.3 is 0 Å². The van der Waals surface area contributed by atoms with E-state index >= 15 is 0 Å². The predicted molar refractivity (Wildman–Crippen MR) is 99.6 cm³/mol. The molecule has 2 heterocycles. The lowest BCUT2D eigenvalue weighted by molar-refractivity contribution is -0.480. The number of nitrogens with zero attached hydrogens (tertiary/aromatic N) is 5. The molecular formula is C18H29N5O4. The Morgan fingerprint density at radius 2 is 1.85 bits per heavy atom. The van der Waals surface area contributed by atoms with Crippen LogP contribution >= 0.6 is 0 Å². The minimum absolute atomic E-state index is 0.0703. The van der Waals surface area contributed by atoms with E-state index in [-0.39, 0.29) is 28.7 Å². The minimum Gasteiger partial charge on any atom is -0.273 e. The molecule has 0 spiro atoms. The Balaban J connectivity index is 1.99. The number of nitro groups is 1. The standard InChI is InChI=1S/C18H29N5O4/c1-18(2,3)15-13-14(20(4)19-15)17(25)22-11-8-10-21(22)16(24)9-6-5-7-12-23(26)27/h13H,5-12H2,1-4H3. The number of aromatic nitrogens is 2. The molecule has 9 heteroatoms. The van der Waals surface area contributed by atoms with Crippen molar-refractivity contribution in [3.05, 3.63) is 27.6 Å². The highest BCUT2D eigenvalue weighted by Gasteiger charge is 2.33. The molecule has 0 aromatic carbocycles. The van der Waals surface area contributed by atoms with Crippen molar-refractivity contribution >= 4 is 11.8 Å². The number of rotatable bonds is 7. The van der Waals surface area contributed by atoms with Crippen LogP contribution in [0.2, 0.25) is 0 Å². The van der Waals surface area contributed by atoms with Crippen molar-refractivity contribution in [2.45, 2.75) is 58.3 Å². The molecule has 0 saturated carbocycles. The number of hydrogen-bond donors (Lipinski definition) is 0. The smallest absolute Gasteiger partial charge is 0.273 e. The fraction of sp³-hybridized carbons (Fsp3) is 0.722. The fourth-order valence-corrected chi connectivity index (χ4v) is 3.07. The van der Waals surface area contributed by atoms with Crippen molar-refractivity contribution in [2.24, 2.45) is 7.05 Å². The number of hydrogen-bond acceptors (Lipinski definition) is 5. The number of unbranched alkanes of at least 4 members (excludes halogenated alkanes) is 2. The lowest BCUT2D eigenvalue weighted by Gasteiger charge is -2.27. The first-order valence-electron chi connectivity index (χ1n) is 9.39. The summed E-state index contributed by atoms with van der Waals surface area (Å²) >= 11 is 0. The normalized spacial score (nSPS) is 14.7. The number of carbonyl (C=O) groups excluding carboxylic acids is 2. The Morgan fingerprint density at radius 1 is 1.19 bits per heavy atom. The van der Waals surface area contributed by atoms with E-state index in [9.17, 15) is 19.7 Å². The van der Waals surface area contributed by atoms with Crippen LogP contribution in [0.25, 0.3) is 0 Å². The van der Waals surface area contributed by atoms with E-state index in [1.165, 1.54) is 10.0 Å². The number of aryl methyl sites for hydroxylation is 1. The zero-order valence-electron chi connectivity index (χ0n) is 16.6. The van der Waals surface area contributed by atoms with Gasteiger partial charge in [-0.15, -0.1) is 0 Å². The molecule has 9 nitrogen and oxygen atoms in total. The van der Waals surface area contributed by atoms with Gasteiger partial charge in [0.1, 0.15) is 5.69 Å². The maximum Gasteiger partial charge on any atom is 0.290 e. The summed E-state index contributed by atoms with van der Waals surface area (Å²) in [6.45, 7) is 7.06. The maximum atomic E-state index is 13.0. The Labute approximate surface area is 159 Å². The fourth-order valence-electron chi connectivity index (χ4n) is 3.07. The van der Waals surface area contributed by atoms with Crippen molar-refractivity contribution in [3.8, 4) is 0 Å². The molecule has 1 fully saturated rings. The summed E-state index contributed by atoms with van der Waals surface area (Å²) in [5.41, 5.74) is 1.13. The van der Waals surface area contributed by atoms with E-state index in [0.29, 0.717) is 44.5 Å². The SMILES string of the molecule is Cn1nc(C(C)(C)C)cc1C(=O)N1CCCN1C(=O)CCCCC[N+](=O)[O-]. The molecule has 0 radical (unpaired) electrons. The summed E-state index contributed by atoms with van der Waals surface area (Å²) in [6, 6.07) is 1.79. The first-order valence-corrected chi connectivity index (χ1v) is 9.39. The molecule has 27 heavy (non-hydrogen) atoms. The van der Waals surface area contributed by atoms with Gasteiger partial charge in [0, 0.05) is 43.3 Å². The second-order valence-electron chi connectivity index (χ2n) is 7.95. The first-order chi connectivity index (χ1) is 12.6. The van der Waals surface area contributed by atoms with Crippen LogP contribution in [-0.2, 0) is 17.3 Å². The second-order valence-corrected chi connectivity index (χ2v) is 7.95. The van der Waals surface area contributed by atoms with E-state index in [4.69, 9.17) is 0 Å². The van der Waals surface area contributed by atoms with Crippen LogP contribution in [0, 0.1) is 10.1 Å². The van der Waals surface area contributed by atoms with Gasteiger partial charge in [0.25, 0.3) is 5.91 Å². The van der Waals surface area contributed by atoms with Crippen LogP contribution in [0.1, 0.15) is 69.1 Å². The number of amides is 2. The van der Waals surface area contributed by atoms with Gasteiger partial charge in [0.05, 0.1) is 5.69 Å². The molecule has 2 amide bonds. The van der Waals surface area contributed by atoms with Crippen molar-refractivity contribution in [1.82, 2.24) is 19.8 Å². The van der Waals surface area contributed by atoms with Crippen LogP contribution in [0.5, 0.6) is 0 Å². The molecule has 1 aromatic heterocycles. The largest absolute Gasteiger partial charge is 0.290 e. The second kappa shape index (κ2) is 8.49. The van der Waals surface area contributed by atoms with Crippen molar-refractivity contribution in [3.63, 3.8) is 0 Å². The maximum absolute atomic E-state index is 13.0. The van der Waals surface area contributed by atoms with E-state index in [0.717, 1.165) is 12.1 Å². The van der Waals surface area contributed by atoms with Crippen LogP contribution in [0.3, 0.4) is 0 Å². The zero-order valence-corrected chi connectivity index (χ0v) is 16.6. The summed E-state index contributed by atoms with van der Waals surface area (Å²) in [5, 5.41) is 17.8. The van der Waals surface area contributed by atoms with E-state index < -0.39 is 0 Å². The highest BCUT2D eigenvalue weighted by Crippen LogP contribution is 2.23. The molecular weight excluding hydrogens is 350 g/mol. The number of carbonyl (C=O) groups is 2. The lowest BCUT2D eigenvalue weighted by atomic mass is 9.92. The first kappa shape index (κ1) is 20.9. The molecule has 1 aliphatic rings. The summed E-state index contributed by atoms with van der Waals surface area (Å²) in [6.07, 6.45) is 2.71. The summed E-state index contributed by atoms with van der Waals surface area (Å²) < 4.78 is 1.57. The lowest BCUT2D eigenvalue weighted by Crippen LogP contribution is -2.45. The molecule has 2 rings (SSSR count). The molecule has 1 aromatic rings. The van der Waals surface area contributed by atoms with Crippen molar-refractivity contribution in [1.29, 1.82) is 0 Å². The third-order valence-electron chi connectivity index (χ3n) is 4.65. The van der Waals surface area contributed by atoms with Gasteiger partial charge in [-0.05, 0) is 25.3 Å². The van der Waals surface area contributed by atoms with Crippen LogP contribution in [-0.4, -0.2) is 56.2 Å². The van der Waals surface area contributed by atoms with E-state index in [1.54, 1.807) is 17.8 Å². The Kier molecular flexibility index (Phi) is 6.56. The predicted octanol–water partition coefficient (Wildman–Crippen LogP) is 2.14. The van der Waals surface area contributed by atoms with Crippen molar-refractivity contribution in [2.75, 3.05) is 19.6 Å². The van der Waals surface area contributed by atoms with Crippen LogP contribution in [0.15, 0.2) is 6.07 Å². The Morgan fingerprint density at radius 3 is 2.44 bits per heavy atom. The molecule has 0 atom stereocenters. The number of hydrazine groups is 1. The van der Waals surface area contributed by atoms with Gasteiger partial charge in [0.15, 0.2) is 0 Å². The average molecular weight is 379 g/mol. The topological polar surface area (TPSA) is 102 Å². The Hall–Kier alpha value is -2.45. The van der Waals surface area contributed by atoms with Crippen LogP contribution < -0.4 is 0 Å².